The van der Waals surface area contributed by atoms with Gasteiger partial charge in [-0.15, -0.1) is 0 Å². The molecule has 2 unspecified atom stereocenters. The Morgan fingerprint density at radius 3 is 2.53 bits per heavy atom. The summed E-state index contributed by atoms with van der Waals surface area (Å²) >= 11 is 0. The maximum Gasteiger partial charge on any atom is 0.0947 e. The fourth-order valence-corrected chi connectivity index (χ4v) is 2.98. The first-order valence-corrected chi connectivity index (χ1v) is 6.15. The summed E-state index contributed by atoms with van der Waals surface area (Å²) in [5, 5.41) is 0. The zero-order valence-corrected chi connectivity index (χ0v) is 11.4. The molecular weight excluding hydrogens is 214 g/mol. The van der Waals surface area contributed by atoms with Crippen LogP contribution in [0.3, 0.4) is 0 Å². The zero-order chi connectivity index (χ0) is 12.8. The quantitative estimate of drug-likeness (QED) is 0.856. The molecule has 4 nitrogen and oxygen atoms in total. The number of nitrogens with zero attached hydrogens (tertiary/aromatic N) is 2. The molecule has 0 aromatic carbocycles. The highest BCUT2D eigenvalue weighted by Crippen LogP contribution is 2.46. The molecule has 1 aliphatic rings. The number of imidazole rings is 1. The van der Waals surface area contributed by atoms with Gasteiger partial charge in [0.2, 0.25) is 0 Å². The fourth-order valence-electron chi connectivity index (χ4n) is 2.98. The van der Waals surface area contributed by atoms with Gasteiger partial charge in [-0.1, -0.05) is 0 Å². The minimum Gasteiger partial charge on any atom is -0.369 e. The van der Waals surface area contributed by atoms with E-state index in [1.807, 2.05) is 17.8 Å². The topological polar surface area (TPSA) is 53.1 Å². The summed E-state index contributed by atoms with van der Waals surface area (Å²) in [6, 6.07) is -0.0621. The monoisotopic (exact) mass is 237 g/mol. The lowest BCUT2D eigenvalue weighted by Gasteiger charge is -2.30. The van der Waals surface area contributed by atoms with E-state index in [1.165, 1.54) is 0 Å². The highest BCUT2D eigenvalue weighted by molar-refractivity contribution is 5.10. The van der Waals surface area contributed by atoms with E-state index in [2.05, 4.69) is 32.7 Å². The molecule has 17 heavy (non-hydrogen) atoms. The van der Waals surface area contributed by atoms with Crippen molar-refractivity contribution in [2.24, 2.45) is 18.7 Å². The van der Waals surface area contributed by atoms with Crippen molar-refractivity contribution in [3.8, 4) is 0 Å². The third kappa shape index (κ3) is 2.38. The Bertz CT molecular complexity index is 409. The van der Waals surface area contributed by atoms with Gasteiger partial charge in [-0.25, -0.2) is 4.98 Å². The van der Waals surface area contributed by atoms with Crippen molar-refractivity contribution >= 4 is 0 Å². The molecule has 2 N–H and O–H groups in total. The third-order valence-corrected chi connectivity index (χ3v) is 3.64. The van der Waals surface area contributed by atoms with Gasteiger partial charge in [-0.3, -0.25) is 0 Å². The van der Waals surface area contributed by atoms with Crippen LogP contribution in [0.25, 0.3) is 0 Å². The summed E-state index contributed by atoms with van der Waals surface area (Å²) in [7, 11) is 1.96. The highest BCUT2D eigenvalue weighted by Gasteiger charge is 2.48. The van der Waals surface area contributed by atoms with Crippen LogP contribution in [0, 0.1) is 5.92 Å². The predicted octanol–water partition coefficient (Wildman–Crippen LogP) is 2.01. The molecule has 1 aliphatic heterocycles. The van der Waals surface area contributed by atoms with E-state index in [9.17, 15) is 0 Å². The van der Waals surface area contributed by atoms with Crippen LogP contribution >= 0.6 is 0 Å². The normalized spacial score (nSPS) is 28.2. The Labute approximate surface area is 103 Å². The molecule has 2 atom stereocenters. The second-order valence-electron chi connectivity index (χ2n) is 6.27. The van der Waals surface area contributed by atoms with Gasteiger partial charge in [0, 0.05) is 19.2 Å². The molecule has 96 valence electrons. The average Bonchev–Trinajstić information content (AvgIpc) is 2.66. The number of rotatable bonds is 2. The molecule has 1 aromatic rings. The van der Waals surface area contributed by atoms with Gasteiger partial charge in [0.15, 0.2) is 0 Å². The third-order valence-electron chi connectivity index (χ3n) is 3.64. The van der Waals surface area contributed by atoms with Crippen LogP contribution in [0.2, 0.25) is 0 Å². The summed E-state index contributed by atoms with van der Waals surface area (Å²) in [5.41, 5.74) is 7.01. The number of aryl methyl sites for hydroxylation is 1. The van der Waals surface area contributed by atoms with Crippen molar-refractivity contribution < 1.29 is 4.74 Å². The second-order valence-corrected chi connectivity index (χ2v) is 6.27. The van der Waals surface area contributed by atoms with Crippen LogP contribution in [-0.2, 0) is 11.8 Å². The lowest BCUT2D eigenvalue weighted by molar-refractivity contribution is -0.0768. The van der Waals surface area contributed by atoms with Gasteiger partial charge in [-0.05, 0) is 34.1 Å². The van der Waals surface area contributed by atoms with E-state index >= 15 is 0 Å². The average molecular weight is 237 g/mol. The van der Waals surface area contributed by atoms with Crippen molar-refractivity contribution in [2.75, 3.05) is 0 Å². The predicted molar refractivity (Wildman–Crippen MR) is 67.5 cm³/mol. The standard InChI is InChI=1S/C13H23N3O/c1-12(2)6-9(13(3,4)17-12)11(14)10-7-16(5)8-15-10/h7-9,11H,6,14H2,1-5H3. The largest absolute Gasteiger partial charge is 0.369 e. The van der Waals surface area contributed by atoms with E-state index in [1.54, 1.807) is 6.33 Å². The van der Waals surface area contributed by atoms with Crippen molar-refractivity contribution in [1.29, 1.82) is 0 Å². The van der Waals surface area contributed by atoms with Gasteiger partial charge in [0.1, 0.15) is 0 Å². The highest BCUT2D eigenvalue weighted by atomic mass is 16.5. The minimum absolute atomic E-state index is 0.0621. The first kappa shape index (κ1) is 12.6. The summed E-state index contributed by atoms with van der Waals surface area (Å²) < 4.78 is 8.02. The van der Waals surface area contributed by atoms with Crippen LogP contribution in [-0.4, -0.2) is 20.8 Å². The van der Waals surface area contributed by atoms with Gasteiger partial charge < -0.3 is 15.0 Å². The minimum atomic E-state index is -0.194. The van der Waals surface area contributed by atoms with Gasteiger partial charge in [0.05, 0.1) is 29.3 Å². The number of ether oxygens (including phenoxy) is 1. The molecule has 0 saturated carbocycles. The van der Waals surface area contributed by atoms with Crippen molar-refractivity contribution in [3.63, 3.8) is 0 Å². The van der Waals surface area contributed by atoms with E-state index in [0.29, 0.717) is 5.92 Å². The van der Waals surface area contributed by atoms with Crippen molar-refractivity contribution in [2.45, 2.75) is 51.4 Å². The second kappa shape index (κ2) is 3.82. The molecule has 0 spiro atoms. The summed E-state index contributed by atoms with van der Waals surface area (Å²) in [4.78, 5) is 4.36. The van der Waals surface area contributed by atoms with E-state index < -0.39 is 0 Å². The number of hydrogen-bond donors (Lipinski definition) is 1. The molecule has 0 radical (unpaired) electrons. The molecule has 0 aliphatic carbocycles. The Morgan fingerprint density at radius 1 is 1.47 bits per heavy atom. The number of nitrogens with two attached hydrogens (primary N) is 1. The van der Waals surface area contributed by atoms with Crippen molar-refractivity contribution in [1.82, 2.24) is 9.55 Å². The molecule has 1 aromatic heterocycles. The Kier molecular flexibility index (Phi) is 2.83. The Hall–Kier alpha value is -0.870. The van der Waals surface area contributed by atoms with E-state index in [4.69, 9.17) is 10.5 Å². The lowest BCUT2D eigenvalue weighted by atomic mass is 9.81. The first-order chi connectivity index (χ1) is 7.71. The molecule has 1 fully saturated rings. The Morgan fingerprint density at radius 2 is 2.12 bits per heavy atom. The molecule has 1 saturated heterocycles. The van der Waals surface area contributed by atoms with Crippen LogP contribution in [0.1, 0.15) is 45.9 Å². The van der Waals surface area contributed by atoms with Crippen LogP contribution in [0.15, 0.2) is 12.5 Å². The summed E-state index contributed by atoms with van der Waals surface area (Å²) in [5.74, 6) is 0.299. The maximum absolute atomic E-state index is 6.35. The smallest absolute Gasteiger partial charge is 0.0947 e. The molecule has 0 amide bonds. The van der Waals surface area contributed by atoms with Crippen LogP contribution in [0.4, 0.5) is 0 Å². The molecule has 4 heteroatoms. The molecular formula is C13H23N3O. The van der Waals surface area contributed by atoms with Gasteiger partial charge in [0.25, 0.3) is 0 Å². The summed E-state index contributed by atoms with van der Waals surface area (Å²) in [6.45, 7) is 8.49. The van der Waals surface area contributed by atoms with E-state index in [-0.39, 0.29) is 17.2 Å². The van der Waals surface area contributed by atoms with Crippen LogP contribution in [0.5, 0.6) is 0 Å². The Balaban J connectivity index is 2.23. The SMILES string of the molecule is Cn1cnc(C(N)C2CC(C)(C)OC2(C)C)c1. The van der Waals surface area contributed by atoms with Gasteiger partial charge in [-0.2, -0.15) is 0 Å². The number of aromatic nitrogens is 2. The van der Waals surface area contributed by atoms with Crippen LogP contribution < -0.4 is 5.73 Å². The molecule has 0 bridgehead atoms. The van der Waals surface area contributed by atoms with E-state index in [0.717, 1.165) is 12.1 Å². The molecule has 2 rings (SSSR count). The zero-order valence-electron chi connectivity index (χ0n) is 11.4. The van der Waals surface area contributed by atoms with Gasteiger partial charge >= 0.3 is 0 Å². The number of hydrogen-bond acceptors (Lipinski definition) is 3. The van der Waals surface area contributed by atoms with Crippen molar-refractivity contribution in [3.05, 3.63) is 18.2 Å². The first-order valence-electron chi connectivity index (χ1n) is 6.15. The maximum atomic E-state index is 6.35. The fraction of sp³-hybridized carbons (Fsp3) is 0.769. The lowest BCUT2D eigenvalue weighted by Crippen LogP contribution is -2.36. The summed E-state index contributed by atoms with van der Waals surface area (Å²) in [6.07, 6.45) is 4.76. The molecule has 2 heterocycles.